The Morgan fingerprint density at radius 2 is 1.16 bits per heavy atom. The lowest BCUT2D eigenvalue weighted by molar-refractivity contribution is 0.0369. The molecule has 2 rings (SSSR count). The summed E-state index contributed by atoms with van der Waals surface area (Å²) in [6, 6.07) is -0.842. The highest BCUT2D eigenvalue weighted by Gasteiger charge is 2.58. The number of ether oxygens (including phenoxy) is 4. The zero-order valence-electron chi connectivity index (χ0n) is 16.7. The van der Waals surface area contributed by atoms with Gasteiger partial charge in [-0.15, -0.1) is 0 Å². The molecule has 2 aliphatic heterocycles. The molecule has 184 valence electrons. The molecule has 0 saturated carbocycles. The molecule has 0 spiro atoms. The third-order valence-electron chi connectivity index (χ3n) is 3.87. The topological polar surface area (TPSA) is 233 Å². The van der Waals surface area contributed by atoms with E-state index in [1.165, 1.54) is 0 Å². The molecule has 2 saturated heterocycles. The summed E-state index contributed by atoms with van der Waals surface area (Å²) >= 11 is 0. The van der Waals surface area contributed by atoms with Gasteiger partial charge < -0.3 is 69.7 Å². The molecule has 0 aliphatic carbocycles. The SMILES string of the molecule is O[Si](O)(O)O[Si](O)(CCCOCC1CO1)O[Si](O)(O)O[Si](O)(O)CCCOCC1CO1. The maximum Gasteiger partial charge on any atom is 0.663 e. The van der Waals surface area contributed by atoms with Gasteiger partial charge in [-0.05, 0) is 12.8 Å². The Hall–Kier alpha value is 0.268. The van der Waals surface area contributed by atoms with Crippen molar-refractivity contribution in [1.29, 1.82) is 0 Å². The van der Waals surface area contributed by atoms with Crippen LogP contribution in [0.5, 0.6) is 0 Å². The van der Waals surface area contributed by atoms with Crippen molar-refractivity contribution in [2.75, 3.05) is 39.6 Å². The van der Waals surface area contributed by atoms with E-state index in [0.29, 0.717) is 26.4 Å². The van der Waals surface area contributed by atoms with Crippen LogP contribution < -0.4 is 0 Å². The van der Waals surface area contributed by atoms with Crippen molar-refractivity contribution < 1.29 is 69.7 Å². The van der Waals surface area contributed by atoms with Crippen molar-refractivity contribution in [3.63, 3.8) is 0 Å². The Kier molecular flexibility index (Phi) is 10.3. The Morgan fingerprint density at radius 3 is 1.61 bits per heavy atom. The predicted molar refractivity (Wildman–Crippen MR) is 104 cm³/mol. The van der Waals surface area contributed by atoms with E-state index in [2.05, 4.69) is 12.3 Å². The fourth-order valence-corrected chi connectivity index (χ4v) is 11.0. The van der Waals surface area contributed by atoms with Gasteiger partial charge in [0, 0.05) is 25.3 Å². The third-order valence-corrected chi connectivity index (χ3v) is 12.9. The first-order chi connectivity index (χ1) is 14.3. The van der Waals surface area contributed by atoms with Gasteiger partial charge in [-0.2, -0.15) is 0 Å². The Bertz CT molecular complexity index is 541. The molecule has 2 fully saturated rings. The minimum absolute atomic E-state index is 0.000943. The zero-order valence-corrected chi connectivity index (χ0v) is 20.7. The van der Waals surface area contributed by atoms with E-state index in [9.17, 15) is 24.0 Å². The van der Waals surface area contributed by atoms with Crippen LogP contribution in [0.2, 0.25) is 12.1 Å². The second-order valence-electron chi connectivity index (χ2n) is 7.15. The molecule has 3 atom stereocenters. The summed E-state index contributed by atoms with van der Waals surface area (Å²) in [5, 5.41) is 0. The van der Waals surface area contributed by atoms with E-state index in [0.717, 1.165) is 0 Å². The number of hydrogen-bond donors (Lipinski definition) is 8. The molecule has 0 aromatic carbocycles. The predicted octanol–water partition coefficient (Wildman–Crippen LogP) is -4.67. The van der Waals surface area contributed by atoms with E-state index in [4.69, 9.17) is 33.3 Å². The van der Waals surface area contributed by atoms with E-state index >= 15 is 0 Å². The lowest BCUT2D eigenvalue weighted by Crippen LogP contribution is -2.64. The van der Waals surface area contributed by atoms with Crippen LogP contribution in [0.1, 0.15) is 12.8 Å². The fraction of sp³-hybridized carbons (Fsp3) is 1.00. The average Bonchev–Trinajstić information content (AvgIpc) is 3.45. The van der Waals surface area contributed by atoms with Gasteiger partial charge in [0.15, 0.2) is 0 Å². The summed E-state index contributed by atoms with van der Waals surface area (Å²) in [5.41, 5.74) is 0. The molecule has 15 nitrogen and oxygen atoms in total. The normalized spacial score (nSPS) is 23.6. The quantitative estimate of drug-likeness (QED) is 0.0476. The molecule has 31 heavy (non-hydrogen) atoms. The molecular formula is C12H30O15Si4. The van der Waals surface area contributed by atoms with Gasteiger partial charge in [-0.25, -0.2) is 0 Å². The minimum Gasteiger partial charge on any atom is -0.391 e. The maximum absolute atomic E-state index is 10.4. The second-order valence-corrected chi connectivity index (χ2v) is 15.8. The third kappa shape index (κ3) is 13.5. The molecule has 8 N–H and O–H groups in total. The minimum atomic E-state index is -5.41. The average molecular weight is 527 g/mol. The lowest BCUT2D eigenvalue weighted by atomic mass is 10.5. The van der Waals surface area contributed by atoms with Gasteiger partial charge in [0.1, 0.15) is 12.2 Å². The molecule has 0 aromatic heterocycles. The molecule has 0 radical (unpaired) electrons. The standard InChI is InChI=1S/C12H30O15Si4/c13-28(14,5-1-3-21-7-11-9-23-11)25-31(19,20)27-29(15,26-30(16,17)18)6-2-4-22-8-12-10-24-12/h11-20H,1-10H2. The van der Waals surface area contributed by atoms with Gasteiger partial charge in [0.05, 0.1) is 26.4 Å². The van der Waals surface area contributed by atoms with Crippen molar-refractivity contribution >= 4 is 35.7 Å². The first-order valence-electron chi connectivity index (χ1n) is 9.56. The van der Waals surface area contributed by atoms with Crippen molar-refractivity contribution in [2.45, 2.75) is 37.1 Å². The van der Waals surface area contributed by atoms with Crippen LogP contribution >= 0.6 is 0 Å². The smallest absolute Gasteiger partial charge is 0.391 e. The van der Waals surface area contributed by atoms with Gasteiger partial charge in [0.2, 0.25) is 0 Å². The first kappa shape index (κ1) is 27.5. The van der Waals surface area contributed by atoms with Crippen LogP contribution in [0.25, 0.3) is 0 Å². The van der Waals surface area contributed by atoms with Crippen molar-refractivity contribution in [1.82, 2.24) is 0 Å². The van der Waals surface area contributed by atoms with E-state index in [-0.39, 0.29) is 44.3 Å². The van der Waals surface area contributed by atoms with E-state index in [1.54, 1.807) is 0 Å². The molecule has 2 heterocycles. The van der Waals surface area contributed by atoms with Crippen LogP contribution in [-0.4, -0.2) is 126 Å². The molecular weight excluding hydrogens is 496 g/mol. The van der Waals surface area contributed by atoms with E-state index < -0.39 is 41.7 Å². The lowest BCUT2D eigenvalue weighted by Gasteiger charge is -2.32. The van der Waals surface area contributed by atoms with Crippen molar-refractivity contribution in [3.05, 3.63) is 0 Å². The highest BCUT2D eigenvalue weighted by molar-refractivity contribution is 6.78. The highest BCUT2D eigenvalue weighted by Crippen LogP contribution is 2.22. The molecule has 3 unspecified atom stereocenters. The van der Waals surface area contributed by atoms with Gasteiger partial charge in [-0.1, -0.05) is 0 Å². The fourth-order valence-electron chi connectivity index (χ4n) is 2.39. The summed E-state index contributed by atoms with van der Waals surface area (Å²) in [6.45, 7) is 2.06. The summed E-state index contributed by atoms with van der Waals surface area (Å²) in [6.07, 6.45) is 0.184. The summed E-state index contributed by atoms with van der Waals surface area (Å²) in [7, 11) is -20.2. The number of epoxide rings is 2. The number of rotatable bonds is 18. The van der Waals surface area contributed by atoms with Crippen LogP contribution in [0.15, 0.2) is 0 Å². The molecule has 0 amide bonds. The number of hydrogen-bond acceptors (Lipinski definition) is 15. The Balaban J connectivity index is 1.79. The van der Waals surface area contributed by atoms with Crippen LogP contribution in [-0.2, 0) is 31.3 Å². The van der Waals surface area contributed by atoms with Gasteiger partial charge in [0.25, 0.3) is 0 Å². The van der Waals surface area contributed by atoms with Crippen LogP contribution in [0.3, 0.4) is 0 Å². The van der Waals surface area contributed by atoms with Crippen molar-refractivity contribution in [3.8, 4) is 0 Å². The summed E-state index contributed by atoms with van der Waals surface area (Å²) in [4.78, 5) is 77.8. The largest absolute Gasteiger partial charge is 0.663 e. The maximum atomic E-state index is 10.4. The molecule has 2 aliphatic rings. The van der Waals surface area contributed by atoms with Crippen molar-refractivity contribution in [2.24, 2.45) is 0 Å². The molecule has 19 heteroatoms. The highest BCUT2D eigenvalue weighted by atomic mass is 28.5. The Labute approximate surface area is 182 Å². The van der Waals surface area contributed by atoms with Crippen LogP contribution in [0.4, 0.5) is 0 Å². The zero-order chi connectivity index (χ0) is 23.2. The second kappa shape index (κ2) is 11.6. The summed E-state index contributed by atoms with van der Waals surface area (Å²) in [5.74, 6) is 0. The molecule has 0 aromatic rings. The first-order valence-corrected chi connectivity index (χ1v) is 17.0. The molecule has 0 bridgehead atoms. The van der Waals surface area contributed by atoms with Gasteiger partial charge >= 0.3 is 35.7 Å². The summed E-state index contributed by atoms with van der Waals surface area (Å²) < 4.78 is 34.0. The van der Waals surface area contributed by atoms with Crippen LogP contribution in [0, 0.1) is 0 Å². The van der Waals surface area contributed by atoms with Gasteiger partial charge in [-0.3, -0.25) is 0 Å². The van der Waals surface area contributed by atoms with E-state index in [1.807, 2.05) is 0 Å². The Morgan fingerprint density at radius 1 is 0.677 bits per heavy atom. The monoisotopic (exact) mass is 526 g/mol.